The maximum absolute atomic E-state index is 5.54. The Morgan fingerprint density at radius 2 is 2.23 bits per heavy atom. The number of fused-ring (bicyclic) bond motifs is 1. The normalized spacial score (nSPS) is 15.6. The van der Waals surface area contributed by atoms with Crippen LogP contribution < -0.4 is 5.06 Å². The Balaban J connectivity index is 2.26. The standard InChI is InChI=1S/C11H15NO/c1-2-13-12-9-5-7-10-6-3-4-8-11(10)12/h3-4,6,8H,2,5,7,9H2,1H3. The van der Waals surface area contributed by atoms with Crippen LogP contribution in [0.1, 0.15) is 18.9 Å². The number of nitrogens with zero attached hydrogens (tertiary/aromatic N) is 1. The summed E-state index contributed by atoms with van der Waals surface area (Å²) in [5, 5.41) is 2.01. The highest BCUT2D eigenvalue weighted by atomic mass is 16.7. The van der Waals surface area contributed by atoms with Crippen LogP contribution in [0.25, 0.3) is 0 Å². The smallest absolute Gasteiger partial charge is 0.0720 e. The molecule has 1 aromatic rings. The third-order valence-electron chi connectivity index (χ3n) is 2.35. The van der Waals surface area contributed by atoms with Crippen molar-refractivity contribution in [2.75, 3.05) is 18.2 Å². The van der Waals surface area contributed by atoms with Crippen LogP contribution in [0.2, 0.25) is 0 Å². The minimum Gasteiger partial charge on any atom is -0.274 e. The van der Waals surface area contributed by atoms with Gasteiger partial charge in [0.25, 0.3) is 0 Å². The van der Waals surface area contributed by atoms with E-state index in [2.05, 4.69) is 24.3 Å². The van der Waals surface area contributed by atoms with Gasteiger partial charge in [-0.05, 0) is 31.4 Å². The van der Waals surface area contributed by atoms with E-state index in [0.29, 0.717) is 0 Å². The van der Waals surface area contributed by atoms with E-state index in [1.54, 1.807) is 0 Å². The topological polar surface area (TPSA) is 12.5 Å². The van der Waals surface area contributed by atoms with Crippen molar-refractivity contribution in [2.24, 2.45) is 0 Å². The average Bonchev–Trinajstić information content (AvgIpc) is 2.19. The second-order valence-corrected chi connectivity index (χ2v) is 3.25. The van der Waals surface area contributed by atoms with Gasteiger partial charge in [0, 0.05) is 6.54 Å². The first-order chi connectivity index (χ1) is 6.42. The SMILES string of the molecule is CCON1CCCc2ccccc21. The summed E-state index contributed by atoms with van der Waals surface area (Å²) < 4.78 is 0. The number of anilines is 1. The lowest BCUT2D eigenvalue weighted by Gasteiger charge is -2.29. The Labute approximate surface area is 79.1 Å². The van der Waals surface area contributed by atoms with Gasteiger partial charge in [-0.25, -0.2) is 0 Å². The molecule has 1 aliphatic heterocycles. The van der Waals surface area contributed by atoms with Gasteiger partial charge in [0.2, 0.25) is 0 Å². The number of hydroxylamine groups is 1. The van der Waals surface area contributed by atoms with E-state index in [-0.39, 0.29) is 0 Å². The van der Waals surface area contributed by atoms with E-state index in [4.69, 9.17) is 4.84 Å². The van der Waals surface area contributed by atoms with E-state index < -0.39 is 0 Å². The minimum absolute atomic E-state index is 0.744. The fraction of sp³-hybridized carbons (Fsp3) is 0.455. The van der Waals surface area contributed by atoms with Crippen molar-refractivity contribution < 1.29 is 4.84 Å². The molecule has 1 heterocycles. The van der Waals surface area contributed by atoms with E-state index in [9.17, 15) is 0 Å². The van der Waals surface area contributed by atoms with Crippen LogP contribution in [0.4, 0.5) is 5.69 Å². The average molecular weight is 177 g/mol. The fourth-order valence-corrected chi connectivity index (χ4v) is 1.79. The number of para-hydroxylation sites is 1. The van der Waals surface area contributed by atoms with Gasteiger partial charge < -0.3 is 0 Å². The molecule has 70 valence electrons. The summed E-state index contributed by atoms with van der Waals surface area (Å²) >= 11 is 0. The Kier molecular flexibility index (Phi) is 2.50. The molecular formula is C11H15NO. The molecule has 1 aliphatic rings. The first-order valence-electron chi connectivity index (χ1n) is 4.90. The maximum atomic E-state index is 5.54. The van der Waals surface area contributed by atoms with Gasteiger partial charge in [-0.15, -0.1) is 0 Å². The van der Waals surface area contributed by atoms with Gasteiger partial charge in [0.1, 0.15) is 0 Å². The van der Waals surface area contributed by atoms with Crippen molar-refractivity contribution in [3.8, 4) is 0 Å². The summed E-state index contributed by atoms with van der Waals surface area (Å²) in [5.41, 5.74) is 2.65. The molecule has 0 spiro atoms. The maximum Gasteiger partial charge on any atom is 0.0720 e. The molecule has 2 rings (SSSR count). The highest BCUT2D eigenvalue weighted by molar-refractivity contribution is 5.53. The van der Waals surface area contributed by atoms with Crippen LogP contribution in [-0.2, 0) is 11.3 Å². The molecule has 0 saturated carbocycles. The van der Waals surface area contributed by atoms with Crippen molar-refractivity contribution in [1.29, 1.82) is 0 Å². The molecule has 0 unspecified atom stereocenters. The van der Waals surface area contributed by atoms with Gasteiger partial charge in [0.05, 0.1) is 12.3 Å². The van der Waals surface area contributed by atoms with Crippen LogP contribution >= 0.6 is 0 Å². The third-order valence-corrected chi connectivity index (χ3v) is 2.35. The van der Waals surface area contributed by atoms with Gasteiger partial charge in [0.15, 0.2) is 0 Å². The van der Waals surface area contributed by atoms with Crippen molar-refractivity contribution in [1.82, 2.24) is 0 Å². The second kappa shape index (κ2) is 3.79. The molecule has 2 nitrogen and oxygen atoms in total. The molecular weight excluding hydrogens is 162 g/mol. The molecule has 0 amide bonds. The molecule has 13 heavy (non-hydrogen) atoms. The molecule has 0 aliphatic carbocycles. The predicted octanol–water partition coefficient (Wildman–Crippen LogP) is 2.39. The van der Waals surface area contributed by atoms with Gasteiger partial charge in [-0.2, -0.15) is 0 Å². The lowest BCUT2D eigenvalue weighted by atomic mass is 10.0. The van der Waals surface area contributed by atoms with Crippen molar-refractivity contribution in [2.45, 2.75) is 19.8 Å². The van der Waals surface area contributed by atoms with E-state index in [1.165, 1.54) is 24.1 Å². The number of rotatable bonds is 2. The molecule has 0 saturated heterocycles. The monoisotopic (exact) mass is 177 g/mol. The zero-order chi connectivity index (χ0) is 9.10. The molecule has 0 aromatic heterocycles. The summed E-state index contributed by atoms with van der Waals surface area (Å²) in [6.45, 7) is 3.79. The van der Waals surface area contributed by atoms with Crippen LogP contribution in [-0.4, -0.2) is 13.2 Å². The Hall–Kier alpha value is -1.02. The number of aryl methyl sites for hydroxylation is 1. The Morgan fingerprint density at radius 3 is 3.08 bits per heavy atom. The van der Waals surface area contributed by atoms with E-state index in [1.807, 2.05) is 12.0 Å². The lowest BCUT2D eigenvalue weighted by molar-refractivity contribution is 0.116. The number of benzene rings is 1. The van der Waals surface area contributed by atoms with Crippen molar-refractivity contribution in [3.05, 3.63) is 29.8 Å². The van der Waals surface area contributed by atoms with Crippen LogP contribution in [0.3, 0.4) is 0 Å². The van der Waals surface area contributed by atoms with Crippen molar-refractivity contribution >= 4 is 5.69 Å². The zero-order valence-corrected chi connectivity index (χ0v) is 7.99. The molecule has 0 bridgehead atoms. The highest BCUT2D eigenvalue weighted by Gasteiger charge is 2.15. The van der Waals surface area contributed by atoms with Crippen molar-refractivity contribution in [3.63, 3.8) is 0 Å². The summed E-state index contributed by atoms with van der Waals surface area (Å²) in [5.74, 6) is 0. The van der Waals surface area contributed by atoms with Gasteiger partial charge in [-0.1, -0.05) is 18.2 Å². The van der Waals surface area contributed by atoms with E-state index >= 15 is 0 Å². The zero-order valence-electron chi connectivity index (χ0n) is 7.99. The largest absolute Gasteiger partial charge is 0.274 e. The van der Waals surface area contributed by atoms with Crippen LogP contribution in [0.15, 0.2) is 24.3 Å². The van der Waals surface area contributed by atoms with E-state index in [0.717, 1.165) is 13.2 Å². The van der Waals surface area contributed by atoms with Crippen LogP contribution in [0, 0.1) is 0 Å². The molecule has 0 atom stereocenters. The van der Waals surface area contributed by atoms with Gasteiger partial charge in [-0.3, -0.25) is 9.90 Å². The lowest BCUT2D eigenvalue weighted by Crippen LogP contribution is -2.29. The molecule has 0 N–H and O–H groups in total. The van der Waals surface area contributed by atoms with Crippen LogP contribution in [0.5, 0.6) is 0 Å². The molecule has 0 fully saturated rings. The predicted molar refractivity (Wildman–Crippen MR) is 53.7 cm³/mol. The fourth-order valence-electron chi connectivity index (χ4n) is 1.79. The third kappa shape index (κ3) is 1.68. The summed E-state index contributed by atoms with van der Waals surface area (Å²) in [6.07, 6.45) is 2.37. The number of hydrogen-bond donors (Lipinski definition) is 0. The quantitative estimate of drug-likeness (QED) is 0.687. The first-order valence-corrected chi connectivity index (χ1v) is 4.90. The summed E-state index contributed by atoms with van der Waals surface area (Å²) in [7, 11) is 0. The minimum atomic E-state index is 0.744. The first kappa shape index (κ1) is 8.57. The molecule has 0 radical (unpaired) electrons. The molecule has 2 heteroatoms. The number of hydrogen-bond acceptors (Lipinski definition) is 2. The Bertz CT molecular complexity index is 285. The second-order valence-electron chi connectivity index (χ2n) is 3.25. The highest BCUT2D eigenvalue weighted by Crippen LogP contribution is 2.26. The van der Waals surface area contributed by atoms with Gasteiger partial charge >= 0.3 is 0 Å². The Morgan fingerprint density at radius 1 is 1.38 bits per heavy atom. The summed E-state index contributed by atoms with van der Waals surface area (Å²) in [4.78, 5) is 5.54. The summed E-state index contributed by atoms with van der Waals surface area (Å²) in [6, 6.07) is 8.47. The molecule has 1 aromatic carbocycles.